The monoisotopic (exact) mass is 1920 g/mol. The third kappa shape index (κ3) is 15.7. The first-order chi connectivity index (χ1) is 67.4. The minimum absolute atomic E-state index is 0.00588. The van der Waals surface area contributed by atoms with Crippen LogP contribution in [0.2, 0.25) is 0 Å². The summed E-state index contributed by atoms with van der Waals surface area (Å²) in [6.07, 6.45) is 1.40. The summed E-state index contributed by atoms with van der Waals surface area (Å²) in [5.74, 6) is 6.50. The van der Waals surface area contributed by atoms with Crippen molar-refractivity contribution in [2.24, 2.45) is 0 Å². The van der Waals surface area contributed by atoms with Crippen LogP contribution in [-0.4, -0.2) is 179 Å². The number of nitriles is 2. The number of rotatable bonds is 17. The molecule has 4 saturated heterocycles. The summed E-state index contributed by atoms with van der Waals surface area (Å²) in [6, 6.07) is 52.7. The molecule has 28 nitrogen and oxygen atoms in total. The van der Waals surface area contributed by atoms with Gasteiger partial charge in [-0.25, -0.2) is 14.4 Å². The molecule has 14 atom stereocenters. The summed E-state index contributed by atoms with van der Waals surface area (Å²) in [4.78, 5) is 52.9. The van der Waals surface area contributed by atoms with Gasteiger partial charge in [0, 0.05) is 93.3 Å². The third-order valence-corrected chi connectivity index (χ3v) is 32.8. The maximum Gasteiger partial charge on any atom is 0.514 e. The molecule has 2 unspecified atom stereocenters. The summed E-state index contributed by atoms with van der Waals surface area (Å²) in [5, 5.41) is 40.4. The van der Waals surface area contributed by atoms with Crippen molar-refractivity contribution < 1.29 is 95.3 Å². The third-order valence-electron chi connectivity index (χ3n) is 29.8. The fraction of sp³-hybridized carbons (Fsp3) is 0.404. The molecule has 0 amide bonds. The van der Waals surface area contributed by atoms with Gasteiger partial charge in [0.05, 0.1) is 75.2 Å². The van der Waals surface area contributed by atoms with Crippen LogP contribution in [0.5, 0.6) is 80.5 Å². The number of fused-ring (bicyclic) bond motifs is 18. The van der Waals surface area contributed by atoms with Crippen LogP contribution in [0.3, 0.4) is 0 Å². The molecule has 0 aromatic heterocycles. The van der Waals surface area contributed by atoms with Gasteiger partial charge in [-0.15, -0.1) is 23.5 Å². The predicted octanol–water partition coefficient (Wildman–Crippen LogP) is 16.6. The largest absolute Gasteiger partial charge is 0.514 e. The SMILES string of the molecule is COc1cc2c(cc1O)CCN[C@]21CS[C@@H]2c3c(OCc4ccccc4)c(C)c4c(c3[C@H](COC1=O)N1C2[C@H]2c3c(cc(C)c(OC)c3OCc3ccccc3)C[C@@H]([C@@H]1C#N)N2C)OCO4.COc1cc2c(cc1OC(=O)OC(C)(C)C)CCN[C@]21CS[C@@H]2c3c(OCc4ccccc4)c(C)c4c(c3[C@H](COC1=O)N1C2[C@H]2c3c(cc(C)c(OC)c3OCc3ccccc3)C[C@@H]([C@@H]1C#N)N2C)OCO4. The van der Waals surface area contributed by atoms with Crippen molar-refractivity contribution in [3.8, 4) is 92.6 Å². The van der Waals surface area contributed by atoms with Crippen molar-refractivity contribution in [3.63, 3.8) is 0 Å². The highest BCUT2D eigenvalue weighted by atomic mass is 32.2. The van der Waals surface area contributed by atoms with Gasteiger partial charge in [0.15, 0.2) is 80.1 Å². The van der Waals surface area contributed by atoms with E-state index in [2.05, 4.69) is 80.7 Å². The number of benzene rings is 10. The molecule has 0 aliphatic carbocycles. The molecule has 14 heterocycles. The number of hydrogen-bond donors (Lipinski definition) is 3. The standard InChI is InChI=1S/C57H60N4O11S.C52H52N4O9S/c1-31-21-36-22-38-39(25-58)61-40-28-68-54(62)57(37-24-41(64-7)42(23-35(37)19-20-59-57)71-55(63)72-56(3,4)5)29-73-53(45-44(40)52-50(69-30-70-52)32(2)49(45)66-26-33-15-11-9-12-16-33)47(61)46(60(38)6)43(36)51(48(31)65-8)67-27-34-17-13-10-14-18-34;1-28-18-33-19-35-36(22-53)56-37-25-63-51(58)52(34-21-39(59-4)38(57)20-32(34)16-17-54-52)26-66-50(42-41(37)49-47(64-27-65-49)29(2)46(42)61-23-30-12-8-6-9-13-30)44(56)43(55(35)3)40(33)48(45(28)60-5)62-24-31-14-10-7-11-15-31/h9-18,21,23-24,38-40,46-47,53,59H,19-20,22,26-30H2,1-8H3;6-15,18,20-21,35-37,43-44,50,54,57H,16-17,19,23-27H2,1-5H3/t38-,39-,40-,46+,47?,53+,57+;35-,36-,37-,43+,44?,50+,52+/m00/s1. The Kier molecular flexibility index (Phi) is 24.7. The molecule has 24 rings (SSSR count). The van der Waals surface area contributed by atoms with Crippen LogP contribution in [0.15, 0.2) is 158 Å². The molecule has 0 saturated carbocycles. The second-order valence-corrected chi connectivity index (χ2v) is 40.9. The normalized spacial score (nSPS) is 25.3. The fourth-order valence-corrected chi connectivity index (χ4v) is 27.2. The van der Waals surface area contributed by atoms with Crippen molar-refractivity contribution in [1.82, 2.24) is 30.2 Å². The Morgan fingerprint density at radius 1 is 0.475 bits per heavy atom. The van der Waals surface area contributed by atoms with Gasteiger partial charge in [-0.2, -0.15) is 10.5 Å². The van der Waals surface area contributed by atoms with E-state index in [1.165, 1.54) is 14.2 Å². The smallest absolute Gasteiger partial charge is 0.504 e. The van der Waals surface area contributed by atoms with Gasteiger partial charge in [0.2, 0.25) is 13.6 Å². The zero-order chi connectivity index (χ0) is 96.4. The maximum absolute atomic E-state index is 15.4. The molecular formula is C109H112N8O20S2. The Labute approximate surface area is 816 Å². The van der Waals surface area contributed by atoms with Crippen molar-refractivity contribution >= 4 is 41.6 Å². The lowest BCUT2D eigenvalue weighted by Crippen LogP contribution is -2.69. The molecule has 139 heavy (non-hydrogen) atoms. The molecule has 30 heteroatoms. The number of piperazine rings is 2. The van der Waals surface area contributed by atoms with E-state index in [4.69, 9.17) is 75.8 Å². The number of nitrogens with zero attached hydrogens (tertiary/aromatic N) is 6. The summed E-state index contributed by atoms with van der Waals surface area (Å²) in [6.45, 7) is 15.3. The summed E-state index contributed by atoms with van der Waals surface area (Å²) in [5.41, 5.74) is 14.6. The molecular weight excluding hydrogens is 1810 g/mol. The lowest BCUT2D eigenvalue weighted by molar-refractivity contribution is -0.158. The second-order valence-electron chi connectivity index (χ2n) is 38.6. The molecule has 4 fully saturated rings. The van der Waals surface area contributed by atoms with Gasteiger partial charge < -0.3 is 80.9 Å². The first-order valence-electron chi connectivity index (χ1n) is 47.3. The Hall–Kier alpha value is -12.8. The highest BCUT2D eigenvalue weighted by molar-refractivity contribution is 7.99. The van der Waals surface area contributed by atoms with Crippen LogP contribution in [0.1, 0.15) is 167 Å². The predicted molar refractivity (Wildman–Crippen MR) is 518 cm³/mol. The quantitative estimate of drug-likeness (QED) is 0.0433. The van der Waals surface area contributed by atoms with Crippen LogP contribution in [-0.2, 0) is 87.0 Å². The van der Waals surface area contributed by atoms with E-state index in [0.717, 1.165) is 100 Å². The Balaban J connectivity index is 0.000000166. The number of carbonyl (C=O) groups excluding carboxylic acids is 3. The number of ether oxygens (including phenoxy) is 16. The second kappa shape index (κ2) is 37.1. The van der Waals surface area contributed by atoms with Crippen LogP contribution in [0.25, 0.3) is 0 Å². The van der Waals surface area contributed by atoms with Gasteiger partial charge in [-0.3, -0.25) is 30.2 Å². The van der Waals surface area contributed by atoms with E-state index >= 15 is 9.59 Å². The average molecular weight is 1920 g/mol. The zero-order valence-electron chi connectivity index (χ0n) is 80.0. The molecule has 14 aliphatic heterocycles. The van der Waals surface area contributed by atoms with E-state index < -0.39 is 81.5 Å². The number of likely N-dealkylation sites (N-methyl/N-ethyl adjacent to an activating group) is 2. The summed E-state index contributed by atoms with van der Waals surface area (Å²) >= 11 is 3.25. The van der Waals surface area contributed by atoms with Crippen molar-refractivity contribution in [1.29, 1.82) is 10.5 Å². The van der Waals surface area contributed by atoms with Crippen molar-refractivity contribution in [3.05, 3.63) is 269 Å². The van der Waals surface area contributed by atoms with Crippen LogP contribution < -0.4 is 72.2 Å². The molecule has 720 valence electrons. The summed E-state index contributed by atoms with van der Waals surface area (Å²) < 4.78 is 102. The van der Waals surface area contributed by atoms with Crippen molar-refractivity contribution in [2.75, 3.05) is 93.9 Å². The number of hydrogen-bond acceptors (Lipinski definition) is 30. The molecule has 14 aliphatic rings. The first-order valence-corrected chi connectivity index (χ1v) is 49.4. The van der Waals surface area contributed by atoms with Crippen LogP contribution in [0.4, 0.5) is 4.79 Å². The number of thioether (sulfide) groups is 2. The average Bonchev–Trinajstić information content (AvgIpc) is 1.50. The van der Waals surface area contributed by atoms with Crippen LogP contribution >= 0.6 is 23.5 Å². The number of phenolic OH excluding ortho intramolecular Hbond substituents is 1. The van der Waals surface area contributed by atoms with E-state index in [-0.39, 0.29) is 92.1 Å². The van der Waals surface area contributed by atoms with E-state index in [9.17, 15) is 20.4 Å². The zero-order valence-corrected chi connectivity index (χ0v) is 81.6. The lowest BCUT2D eigenvalue weighted by Gasteiger charge is -2.62. The Bertz CT molecular complexity index is 6600. The Morgan fingerprint density at radius 3 is 1.25 bits per heavy atom. The Morgan fingerprint density at radius 2 is 0.863 bits per heavy atom. The molecule has 8 bridgehead atoms. The minimum atomic E-state index is -1.40. The lowest BCUT2D eigenvalue weighted by atomic mass is 9.71. The first kappa shape index (κ1) is 92.6. The molecule has 0 radical (unpaired) electrons. The number of carbonyl (C=O) groups is 3. The van der Waals surface area contributed by atoms with Gasteiger partial charge in [0.1, 0.15) is 68.8 Å². The maximum atomic E-state index is 15.4. The van der Waals surface area contributed by atoms with Gasteiger partial charge in [0.25, 0.3) is 0 Å². The molecule has 10 aromatic rings. The van der Waals surface area contributed by atoms with Gasteiger partial charge in [-0.05, 0) is 179 Å². The number of esters is 2. The highest BCUT2D eigenvalue weighted by Gasteiger charge is 2.65. The molecule has 2 spiro atoms. The van der Waals surface area contributed by atoms with Gasteiger partial charge >= 0.3 is 18.1 Å². The van der Waals surface area contributed by atoms with E-state index in [1.807, 2.05) is 137 Å². The number of nitrogens with one attached hydrogen (secondary N) is 2. The minimum Gasteiger partial charge on any atom is -0.504 e. The number of aryl methyl sites for hydroxylation is 2. The number of methoxy groups -OCH3 is 4. The topological polar surface area (TPSA) is 304 Å². The summed E-state index contributed by atoms with van der Waals surface area (Å²) in [7, 11) is 10.6. The molecule has 10 aromatic carbocycles. The fourth-order valence-electron chi connectivity index (χ4n) is 23.8. The molecule has 3 N–H and O–H groups in total. The van der Waals surface area contributed by atoms with Crippen molar-refractivity contribution in [2.45, 2.75) is 188 Å². The van der Waals surface area contributed by atoms with E-state index in [0.29, 0.717) is 127 Å². The number of phenols is 1. The highest BCUT2D eigenvalue weighted by Crippen LogP contribution is 2.69. The van der Waals surface area contributed by atoms with Crippen LogP contribution in [0, 0.1) is 50.4 Å². The van der Waals surface area contributed by atoms with E-state index in [1.54, 1.807) is 82.8 Å². The van der Waals surface area contributed by atoms with Gasteiger partial charge in [-0.1, -0.05) is 133 Å². The number of aromatic hydroxyl groups is 1.